The first-order valence-electron chi connectivity index (χ1n) is 3.84. The van der Waals surface area contributed by atoms with Crippen molar-refractivity contribution in [2.24, 2.45) is 4.99 Å². The third-order valence-electron chi connectivity index (χ3n) is 1.62. The van der Waals surface area contributed by atoms with E-state index >= 15 is 0 Å². The van der Waals surface area contributed by atoms with Gasteiger partial charge in [0.05, 0.1) is 0 Å². The summed E-state index contributed by atoms with van der Waals surface area (Å²) in [4.78, 5) is 28.6. The Kier molecular flexibility index (Phi) is 3.11. The van der Waals surface area contributed by atoms with Crippen LogP contribution in [0.1, 0.15) is 33.3 Å². The lowest BCUT2D eigenvalue weighted by Crippen LogP contribution is -1.99. The monoisotopic (exact) mass is 212 g/mol. The summed E-state index contributed by atoms with van der Waals surface area (Å²) in [5, 5.41) is 9.24. The topological polar surface area (TPSA) is 79.6 Å². The Balaban J connectivity index is 3.07. The first kappa shape index (κ1) is 10.6. The van der Waals surface area contributed by atoms with Gasteiger partial charge in [-0.15, -0.1) is 11.3 Å². The minimum Gasteiger partial charge on any atom is -0.476 e. The molecule has 1 aromatic rings. The molecule has 0 radical (unpaired) electrons. The fourth-order valence-electron chi connectivity index (χ4n) is 0.928. The van der Waals surface area contributed by atoms with E-state index in [1.165, 1.54) is 17.4 Å². The first-order valence-corrected chi connectivity index (χ1v) is 4.65. The van der Waals surface area contributed by atoms with Crippen LogP contribution in [-0.2, 0) is 4.79 Å². The smallest absolute Gasteiger partial charge is 0.355 e. The van der Waals surface area contributed by atoms with E-state index in [-0.39, 0.29) is 5.69 Å². The number of aliphatic imine (C=N–C) groups is 1. The highest BCUT2D eigenvalue weighted by atomic mass is 32.1. The molecule has 0 aliphatic rings. The minimum absolute atomic E-state index is 0.0259. The second-order valence-electron chi connectivity index (χ2n) is 2.66. The van der Waals surface area contributed by atoms with Gasteiger partial charge in [-0.05, 0) is 13.8 Å². The summed E-state index contributed by atoms with van der Waals surface area (Å²) < 4.78 is 0. The lowest BCUT2D eigenvalue weighted by molar-refractivity contribution is 0.0690. The molecule has 0 spiro atoms. The quantitative estimate of drug-likeness (QED) is 0.608. The third kappa shape index (κ3) is 2.04. The summed E-state index contributed by atoms with van der Waals surface area (Å²) in [5.41, 5.74) is 0.0259. The van der Waals surface area contributed by atoms with Crippen molar-refractivity contribution in [3.05, 3.63) is 15.6 Å². The van der Waals surface area contributed by atoms with Gasteiger partial charge in [0, 0.05) is 4.88 Å². The van der Waals surface area contributed by atoms with E-state index < -0.39 is 12.0 Å². The second kappa shape index (κ2) is 4.13. The molecule has 0 aliphatic heterocycles. The molecule has 5 nitrogen and oxygen atoms in total. The van der Waals surface area contributed by atoms with Crippen molar-refractivity contribution in [2.75, 3.05) is 0 Å². The number of aromatic carboxylic acids is 1. The van der Waals surface area contributed by atoms with Crippen molar-refractivity contribution in [2.45, 2.75) is 19.9 Å². The lowest BCUT2D eigenvalue weighted by atomic mass is 10.3. The van der Waals surface area contributed by atoms with Crippen LogP contribution in [0.15, 0.2) is 4.99 Å². The Hall–Kier alpha value is -1.52. The molecular weight excluding hydrogens is 204 g/mol. The Labute approximate surface area is 84.1 Å². The highest BCUT2D eigenvalue weighted by Crippen LogP contribution is 2.24. The molecule has 0 aliphatic carbocycles. The molecule has 0 saturated heterocycles. The van der Waals surface area contributed by atoms with Crippen molar-refractivity contribution in [1.82, 2.24) is 4.98 Å². The van der Waals surface area contributed by atoms with E-state index in [1.807, 2.05) is 0 Å². The van der Waals surface area contributed by atoms with Crippen molar-refractivity contribution < 1.29 is 14.7 Å². The molecule has 1 rings (SSSR count). The molecule has 0 saturated carbocycles. The number of nitrogens with zero attached hydrogens (tertiary/aromatic N) is 2. The number of carbonyl (C=O) groups is 1. The zero-order valence-electron chi connectivity index (χ0n) is 7.64. The van der Waals surface area contributed by atoms with Crippen molar-refractivity contribution in [3.8, 4) is 0 Å². The van der Waals surface area contributed by atoms with Crippen LogP contribution in [0.5, 0.6) is 0 Å². The van der Waals surface area contributed by atoms with Gasteiger partial charge in [0.15, 0.2) is 5.69 Å². The predicted octanol–water partition coefficient (Wildman–Crippen LogP) is 1.55. The van der Waals surface area contributed by atoms with Crippen molar-refractivity contribution >= 4 is 23.4 Å². The number of thiazole rings is 1. The van der Waals surface area contributed by atoms with Crippen LogP contribution in [0.4, 0.5) is 0 Å². The summed E-state index contributed by atoms with van der Waals surface area (Å²) in [6.45, 7) is 3.33. The zero-order chi connectivity index (χ0) is 10.7. The van der Waals surface area contributed by atoms with Crippen LogP contribution in [0, 0.1) is 6.92 Å². The van der Waals surface area contributed by atoms with E-state index in [1.54, 1.807) is 13.8 Å². The number of carboxylic acids is 1. The number of hydrogen-bond acceptors (Lipinski definition) is 5. The molecule has 14 heavy (non-hydrogen) atoms. The van der Waals surface area contributed by atoms with E-state index in [0.29, 0.717) is 9.88 Å². The van der Waals surface area contributed by atoms with Gasteiger partial charge in [-0.3, -0.25) is 0 Å². The van der Waals surface area contributed by atoms with Crippen LogP contribution >= 0.6 is 11.3 Å². The van der Waals surface area contributed by atoms with E-state index in [2.05, 4.69) is 9.98 Å². The minimum atomic E-state index is -1.06. The number of carboxylic acid groups (broad SMARTS) is 1. The SMILES string of the molecule is Cc1sc(C(C)N=C=O)nc1C(=O)O. The van der Waals surface area contributed by atoms with Gasteiger partial charge >= 0.3 is 5.97 Å². The third-order valence-corrected chi connectivity index (χ3v) is 2.76. The first-order chi connectivity index (χ1) is 6.56. The van der Waals surface area contributed by atoms with Crippen LogP contribution in [0.3, 0.4) is 0 Å². The summed E-state index contributed by atoms with van der Waals surface area (Å²) >= 11 is 1.23. The maximum absolute atomic E-state index is 10.7. The molecular formula is C8H8N2O3S. The Morgan fingerprint density at radius 1 is 1.71 bits per heavy atom. The number of isocyanates is 1. The molecule has 6 heteroatoms. The Bertz CT molecular complexity index is 407. The Morgan fingerprint density at radius 2 is 2.36 bits per heavy atom. The average Bonchev–Trinajstić information content (AvgIpc) is 2.48. The fourth-order valence-corrected chi connectivity index (χ4v) is 1.83. The van der Waals surface area contributed by atoms with Gasteiger partial charge in [-0.1, -0.05) is 0 Å². The summed E-state index contributed by atoms with van der Waals surface area (Å²) in [7, 11) is 0. The molecule has 0 aromatic carbocycles. The molecule has 1 atom stereocenters. The fraction of sp³-hybridized carbons (Fsp3) is 0.375. The Morgan fingerprint density at radius 3 is 2.79 bits per heavy atom. The maximum Gasteiger partial charge on any atom is 0.355 e. The molecule has 0 bridgehead atoms. The van der Waals surface area contributed by atoms with Gasteiger partial charge in [0.2, 0.25) is 6.08 Å². The van der Waals surface area contributed by atoms with Crippen LogP contribution in [0.2, 0.25) is 0 Å². The summed E-state index contributed by atoms with van der Waals surface area (Å²) in [6.07, 6.45) is 1.42. The summed E-state index contributed by atoms with van der Waals surface area (Å²) in [6, 6.07) is -0.427. The number of rotatable bonds is 3. The molecule has 1 heterocycles. The molecule has 1 aromatic heterocycles. The standard InChI is InChI=1S/C8H8N2O3S/c1-4(9-3-11)7-10-6(8(12)13)5(2)14-7/h4H,1-2H3,(H,12,13). The second-order valence-corrected chi connectivity index (χ2v) is 3.89. The number of carbonyl (C=O) groups excluding carboxylic acids is 1. The summed E-state index contributed by atoms with van der Waals surface area (Å²) in [5.74, 6) is -1.06. The van der Waals surface area contributed by atoms with Gasteiger partial charge in [0.1, 0.15) is 11.0 Å². The molecule has 74 valence electrons. The molecule has 0 amide bonds. The molecule has 0 fully saturated rings. The van der Waals surface area contributed by atoms with Crippen LogP contribution < -0.4 is 0 Å². The number of aromatic nitrogens is 1. The number of aryl methyl sites for hydroxylation is 1. The van der Waals surface area contributed by atoms with Gasteiger partial charge < -0.3 is 5.11 Å². The lowest BCUT2D eigenvalue weighted by Gasteiger charge is -1.95. The largest absolute Gasteiger partial charge is 0.476 e. The highest BCUT2D eigenvalue weighted by molar-refractivity contribution is 7.11. The molecule has 1 N–H and O–H groups in total. The van der Waals surface area contributed by atoms with Gasteiger partial charge in [-0.25, -0.2) is 14.6 Å². The number of hydrogen-bond donors (Lipinski definition) is 1. The highest BCUT2D eigenvalue weighted by Gasteiger charge is 2.17. The van der Waals surface area contributed by atoms with Gasteiger partial charge in [0.25, 0.3) is 0 Å². The molecule has 1 unspecified atom stereocenters. The normalized spacial score (nSPS) is 11.9. The van der Waals surface area contributed by atoms with Crippen molar-refractivity contribution in [3.63, 3.8) is 0 Å². The predicted molar refractivity (Wildman–Crippen MR) is 50.3 cm³/mol. The van der Waals surface area contributed by atoms with Crippen LogP contribution in [0.25, 0.3) is 0 Å². The van der Waals surface area contributed by atoms with E-state index in [4.69, 9.17) is 5.11 Å². The average molecular weight is 212 g/mol. The zero-order valence-corrected chi connectivity index (χ0v) is 8.46. The van der Waals surface area contributed by atoms with E-state index in [9.17, 15) is 9.59 Å². The van der Waals surface area contributed by atoms with E-state index in [0.717, 1.165) is 0 Å². The van der Waals surface area contributed by atoms with Crippen LogP contribution in [-0.4, -0.2) is 22.1 Å². The van der Waals surface area contributed by atoms with Crippen molar-refractivity contribution in [1.29, 1.82) is 0 Å². The maximum atomic E-state index is 10.7. The van der Waals surface area contributed by atoms with Gasteiger partial charge in [-0.2, -0.15) is 4.99 Å².